The highest BCUT2D eigenvalue weighted by Crippen LogP contribution is 2.27. The van der Waals surface area contributed by atoms with E-state index in [2.05, 4.69) is 4.37 Å². The Morgan fingerprint density at radius 3 is 3.00 bits per heavy atom. The van der Waals surface area contributed by atoms with Crippen LogP contribution in [0, 0.1) is 0 Å². The maximum Gasteiger partial charge on any atom is 0.225 e. The van der Waals surface area contributed by atoms with E-state index in [1.165, 1.54) is 11.5 Å². The molecular formula is C14H13NO3S. The average molecular weight is 275 g/mol. The summed E-state index contributed by atoms with van der Waals surface area (Å²) in [7, 11) is 1.59. The van der Waals surface area contributed by atoms with Crippen LogP contribution >= 0.6 is 11.5 Å². The largest absolute Gasteiger partial charge is 0.488 e. The van der Waals surface area contributed by atoms with Gasteiger partial charge < -0.3 is 9.47 Å². The Hall–Kier alpha value is -1.88. The minimum absolute atomic E-state index is 0.230. The first-order valence-electron chi connectivity index (χ1n) is 6.05. The van der Waals surface area contributed by atoms with E-state index in [1.54, 1.807) is 7.11 Å². The van der Waals surface area contributed by atoms with Crippen LogP contribution < -0.4 is 9.47 Å². The summed E-state index contributed by atoms with van der Waals surface area (Å²) in [6.45, 7) is 0.466. The van der Waals surface area contributed by atoms with E-state index in [4.69, 9.17) is 9.47 Å². The number of methoxy groups -OCH3 is 1. The molecule has 0 saturated carbocycles. The molecule has 0 N–H and O–H groups in total. The van der Waals surface area contributed by atoms with Crippen molar-refractivity contribution in [3.63, 3.8) is 0 Å². The number of benzene rings is 1. The predicted molar refractivity (Wildman–Crippen MR) is 72.1 cm³/mol. The van der Waals surface area contributed by atoms with E-state index < -0.39 is 0 Å². The minimum Gasteiger partial charge on any atom is -0.488 e. The highest BCUT2D eigenvalue weighted by atomic mass is 32.1. The number of hydrogen-bond donors (Lipinski definition) is 0. The number of Topliss-reactive ketones (excluding diaryl/α,β-unsaturated/α-hetero) is 1. The molecule has 1 heterocycles. The van der Waals surface area contributed by atoms with Crippen LogP contribution in [0.15, 0.2) is 24.3 Å². The molecule has 0 aliphatic heterocycles. The van der Waals surface area contributed by atoms with E-state index in [0.717, 1.165) is 28.2 Å². The second-order valence-electron chi connectivity index (χ2n) is 4.37. The van der Waals surface area contributed by atoms with Crippen molar-refractivity contribution in [2.45, 2.75) is 19.4 Å². The van der Waals surface area contributed by atoms with Gasteiger partial charge in [-0.3, -0.25) is 4.79 Å². The summed E-state index contributed by atoms with van der Waals surface area (Å²) < 4.78 is 14.8. The van der Waals surface area contributed by atoms with Gasteiger partial charge in [0.25, 0.3) is 0 Å². The summed E-state index contributed by atoms with van der Waals surface area (Å²) in [6.07, 6.45) is 1.44. The lowest BCUT2D eigenvalue weighted by Crippen LogP contribution is -1.95. The number of aryl methyl sites for hydroxylation is 1. The van der Waals surface area contributed by atoms with E-state index >= 15 is 0 Å². The lowest BCUT2D eigenvalue weighted by Gasteiger charge is -2.06. The standard InChI is InChI=1S/C14H13NO3S/c1-17-14-7-11(19-15-14)8-18-10-3-4-12-9(6-10)2-5-13(12)16/h3-4,6-7H,2,5,8H2,1H3. The third-order valence-corrected chi connectivity index (χ3v) is 3.87. The number of fused-ring (bicyclic) bond motifs is 1. The molecule has 5 heteroatoms. The van der Waals surface area contributed by atoms with E-state index in [0.29, 0.717) is 18.9 Å². The zero-order valence-electron chi connectivity index (χ0n) is 10.5. The maximum absolute atomic E-state index is 11.5. The molecule has 1 aromatic heterocycles. The minimum atomic E-state index is 0.230. The first-order valence-corrected chi connectivity index (χ1v) is 6.82. The Kier molecular flexibility index (Phi) is 3.21. The fourth-order valence-electron chi connectivity index (χ4n) is 2.13. The lowest BCUT2D eigenvalue weighted by molar-refractivity contribution is 0.0994. The molecule has 0 bridgehead atoms. The Morgan fingerprint density at radius 1 is 1.32 bits per heavy atom. The molecule has 4 nitrogen and oxygen atoms in total. The predicted octanol–water partition coefficient (Wildman–Crippen LogP) is 2.86. The van der Waals surface area contributed by atoms with Gasteiger partial charge in [-0.05, 0) is 41.7 Å². The zero-order chi connectivity index (χ0) is 13.2. The Labute approximate surface area is 115 Å². The molecule has 0 saturated heterocycles. The molecule has 1 aliphatic carbocycles. The molecule has 98 valence electrons. The van der Waals surface area contributed by atoms with Crippen molar-refractivity contribution in [3.05, 3.63) is 40.3 Å². The monoisotopic (exact) mass is 275 g/mol. The molecular weight excluding hydrogens is 262 g/mol. The second kappa shape index (κ2) is 5.01. The van der Waals surface area contributed by atoms with Crippen LogP contribution in [0.25, 0.3) is 0 Å². The van der Waals surface area contributed by atoms with Crippen molar-refractivity contribution < 1.29 is 14.3 Å². The van der Waals surface area contributed by atoms with Gasteiger partial charge in [-0.1, -0.05) is 0 Å². The van der Waals surface area contributed by atoms with Crippen LogP contribution in [0.1, 0.15) is 27.2 Å². The van der Waals surface area contributed by atoms with Gasteiger partial charge in [0.15, 0.2) is 5.78 Å². The number of hydrogen-bond acceptors (Lipinski definition) is 5. The van der Waals surface area contributed by atoms with Crippen LogP contribution in [0.2, 0.25) is 0 Å². The van der Waals surface area contributed by atoms with Gasteiger partial charge in [-0.2, -0.15) is 4.37 Å². The summed E-state index contributed by atoms with van der Waals surface area (Å²) in [5.41, 5.74) is 1.93. The third-order valence-electron chi connectivity index (χ3n) is 3.13. The summed E-state index contributed by atoms with van der Waals surface area (Å²) in [5, 5.41) is 0. The molecule has 1 aliphatic rings. The van der Waals surface area contributed by atoms with Crippen LogP contribution in [0.4, 0.5) is 0 Å². The topological polar surface area (TPSA) is 48.4 Å². The summed E-state index contributed by atoms with van der Waals surface area (Å²) in [6, 6.07) is 7.52. The van der Waals surface area contributed by atoms with Gasteiger partial charge in [0.2, 0.25) is 5.88 Å². The first-order chi connectivity index (χ1) is 9.26. The van der Waals surface area contributed by atoms with Crippen molar-refractivity contribution in [1.29, 1.82) is 0 Å². The number of aromatic nitrogens is 1. The van der Waals surface area contributed by atoms with Gasteiger partial charge in [-0.25, -0.2) is 0 Å². The van der Waals surface area contributed by atoms with Gasteiger partial charge in [0, 0.05) is 18.1 Å². The van der Waals surface area contributed by atoms with Crippen LogP contribution in [0.5, 0.6) is 11.6 Å². The highest BCUT2D eigenvalue weighted by Gasteiger charge is 2.19. The smallest absolute Gasteiger partial charge is 0.225 e. The van der Waals surface area contributed by atoms with Crippen molar-refractivity contribution in [2.24, 2.45) is 0 Å². The molecule has 0 unspecified atom stereocenters. The SMILES string of the molecule is COc1cc(COc2ccc3c(c2)CCC3=O)sn1. The van der Waals surface area contributed by atoms with Gasteiger partial charge in [0.05, 0.1) is 12.0 Å². The summed E-state index contributed by atoms with van der Waals surface area (Å²) >= 11 is 1.37. The Balaban J connectivity index is 1.69. The molecule has 1 aromatic carbocycles. The quantitative estimate of drug-likeness (QED) is 0.861. The summed E-state index contributed by atoms with van der Waals surface area (Å²) in [5.74, 6) is 1.64. The van der Waals surface area contributed by atoms with Crippen LogP contribution in [-0.4, -0.2) is 17.3 Å². The number of ketones is 1. The van der Waals surface area contributed by atoms with Crippen LogP contribution in [0.3, 0.4) is 0 Å². The van der Waals surface area contributed by atoms with Gasteiger partial charge >= 0.3 is 0 Å². The fourth-order valence-corrected chi connectivity index (χ4v) is 2.73. The highest BCUT2D eigenvalue weighted by molar-refractivity contribution is 7.05. The van der Waals surface area contributed by atoms with Gasteiger partial charge in [0.1, 0.15) is 12.4 Å². The zero-order valence-corrected chi connectivity index (χ0v) is 11.3. The van der Waals surface area contributed by atoms with Crippen LogP contribution in [-0.2, 0) is 13.0 Å². The number of ether oxygens (including phenoxy) is 2. The molecule has 0 fully saturated rings. The molecule has 0 atom stereocenters. The van der Waals surface area contributed by atoms with Crippen molar-refractivity contribution in [1.82, 2.24) is 4.37 Å². The molecule has 0 amide bonds. The van der Waals surface area contributed by atoms with Crippen molar-refractivity contribution in [2.75, 3.05) is 7.11 Å². The molecule has 0 radical (unpaired) electrons. The lowest BCUT2D eigenvalue weighted by atomic mass is 10.1. The number of nitrogens with zero attached hydrogens (tertiary/aromatic N) is 1. The number of carbonyl (C=O) groups excluding carboxylic acids is 1. The van der Waals surface area contributed by atoms with E-state index in [9.17, 15) is 4.79 Å². The van der Waals surface area contributed by atoms with Crippen molar-refractivity contribution in [3.8, 4) is 11.6 Å². The second-order valence-corrected chi connectivity index (χ2v) is 5.26. The fraction of sp³-hybridized carbons (Fsp3) is 0.286. The molecule has 2 aromatic rings. The Bertz CT molecular complexity index is 621. The molecule has 0 spiro atoms. The summed E-state index contributed by atoms with van der Waals surface area (Å²) in [4.78, 5) is 12.5. The number of carbonyl (C=O) groups is 1. The van der Waals surface area contributed by atoms with Gasteiger partial charge in [-0.15, -0.1) is 0 Å². The third kappa shape index (κ3) is 2.46. The molecule has 19 heavy (non-hydrogen) atoms. The maximum atomic E-state index is 11.5. The normalized spacial score (nSPS) is 13.4. The average Bonchev–Trinajstić information content (AvgIpc) is 3.03. The number of rotatable bonds is 4. The van der Waals surface area contributed by atoms with E-state index in [-0.39, 0.29) is 5.78 Å². The first kappa shape index (κ1) is 12.2. The Morgan fingerprint density at radius 2 is 2.21 bits per heavy atom. The van der Waals surface area contributed by atoms with Crippen molar-refractivity contribution >= 4 is 17.3 Å². The molecule has 3 rings (SSSR count). The van der Waals surface area contributed by atoms with E-state index in [1.807, 2.05) is 24.3 Å².